The molecule has 0 aromatic heterocycles. The van der Waals surface area contributed by atoms with Gasteiger partial charge in [-0.25, -0.2) is 0 Å². The molecule has 3 nitrogen and oxygen atoms in total. The van der Waals surface area contributed by atoms with E-state index in [-0.39, 0.29) is 0 Å². The first kappa shape index (κ1) is 10.4. The first-order valence-corrected chi connectivity index (χ1v) is 5.92. The zero-order valence-corrected chi connectivity index (χ0v) is 8.91. The molecule has 0 amide bonds. The second kappa shape index (κ2) is 5.10. The smallest absolute Gasteiger partial charge is 0.0558 e. The molecular formula is C11H22N2O. The van der Waals surface area contributed by atoms with E-state index in [0.717, 1.165) is 18.4 Å². The number of nitrogens with zero attached hydrogens (tertiary/aromatic N) is 1. The predicted molar refractivity (Wildman–Crippen MR) is 57.2 cm³/mol. The molecule has 2 N–H and O–H groups in total. The van der Waals surface area contributed by atoms with E-state index in [2.05, 4.69) is 10.2 Å². The number of hydrogen-bond donors (Lipinski definition) is 2. The molecule has 0 spiro atoms. The SMILES string of the molecule is OCCN1CCC(CNCC2CC2)C1. The van der Waals surface area contributed by atoms with E-state index in [9.17, 15) is 0 Å². The summed E-state index contributed by atoms with van der Waals surface area (Å²) >= 11 is 0. The molecule has 2 rings (SSSR count). The van der Waals surface area contributed by atoms with Crippen LogP contribution in [0.1, 0.15) is 19.3 Å². The van der Waals surface area contributed by atoms with E-state index in [1.807, 2.05) is 0 Å². The van der Waals surface area contributed by atoms with Crippen LogP contribution in [0.5, 0.6) is 0 Å². The summed E-state index contributed by atoms with van der Waals surface area (Å²) in [5, 5.41) is 12.4. The fraction of sp³-hybridized carbons (Fsp3) is 1.00. The van der Waals surface area contributed by atoms with Gasteiger partial charge in [-0.2, -0.15) is 0 Å². The van der Waals surface area contributed by atoms with Crippen LogP contribution in [0.2, 0.25) is 0 Å². The summed E-state index contributed by atoms with van der Waals surface area (Å²) in [4.78, 5) is 2.36. The molecule has 1 heterocycles. The third kappa shape index (κ3) is 3.23. The van der Waals surface area contributed by atoms with Gasteiger partial charge in [0.15, 0.2) is 0 Å². The van der Waals surface area contributed by atoms with Crippen molar-refractivity contribution in [2.45, 2.75) is 19.3 Å². The van der Waals surface area contributed by atoms with E-state index < -0.39 is 0 Å². The van der Waals surface area contributed by atoms with Crippen LogP contribution in [0.3, 0.4) is 0 Å². The highest BCUT2D eigenvalue weighted by Gasteiger charge is 2.23. The molecule has 1 unspecified atom stereocenters. The van der Waals surface area contributed by atoms with Gasteiger partial charge in [-0.3, -0.25) is 0 Å². The molecule has 82 valence electrons. The molecular weight excluding hydrogens is 176 g/mol. The van der Waals surface area contributed by atoms with Gasteiger partial charge in [0.25, 0.3) is 0 Å². The number of aliphatic hydroxyl groups is 1. The van der Waals surface area contributed by atoms with E-state index in [0.29, 0.717) is 6.61 Å². The van der Waals surface area contributed by atoms with Gasteiger partial charge in [-0.15, -0.1) is 0 Å². The summed E-state index contributed by atoms with van der Waals surface area (Å²) in [5.41, 5.74) is 0. The topological polar surface area (TPSA) is 35.5 Å². The summed E-state index contributed by atoms with van der Waals surface area (Å²) < 4.78 is 0. The van der Waals surface area contributed by atoms with Crippen LogP contribution in [-0.2, 0) is 0 Å². The number of aliphatic hydroxyl groups excluding tert-OH is 1. The number of hydrogen-bond acceptors (Lipinski definition) is 3. The minimum Gasteiger partial charge on any atom is -0.395 e. The molecule has 0 aromatic rings. The summed E-state index contributed by atoms with van der Waals surface area (Å²) in [6.45, 7) is 5.94. The van der Waals surface area contributed by atoms with E-state index in [4.69, 9.17) is 5.11 Å². The Balaban J connectivity index is 1.53. The Kier molecular flexibility index (Phi) is 3.79. The van der Waals surface area contributed by atoms with Crippen LogP contribution in [0.25, 0.3) is 0 Å². The molecule has 1 aliphatic heterocycles. The van der Waals surface area contributed by atoms with Crippen molar-refractivity contribution in [3.63, 3.8) is 0 Å². The molecule has 0 bridgehead atoms. The van der Waals surface area contributed by atoms with Crippen molar-refractivity contribution in [2.24, 2.45) is 11.8 Å². The highest BCUT2D eigenvalue weighted by atomic mass is 16.3. The van der Waals surface area contributed by atoms with Crippen LogP contribution >= 0.6 is 0 Å². The van der Waals surface area contributed by atoms with Gasteiger partial charge in [-0.05, 0) is 50.7 Å². The van der Waals surface area contributed by atoms with Gasteiger partial charge in [0.2, 0.25) is 0 Å². The Morgan fingerprint density at radius 2 is 1.93 bits per heavy atom. The van der Waals surface area contributed by atoms with Gasteiger partial charge in [0.1, 0.15) is 0 Å². The second-order valence-corrected chi connectivity index (χ2v) is 4.78. The summed E-state index contributed by atoms with van der Waals surface area (Å²) in [5.74, 6) is 1.81. The van der Waals surface area contributed by atoms with Gasteiger partial charge >= 0.3 is 0 Å². The van der Waals surface area contributed by atoms with Crippen molar-refractivity contribution in [3.05, 3.63) is 0 Å². The Hall–Kier alpha value is -0.120. The maximum atomic E-state index is 8.81. The Labute approximate surface area is 86.5 Å². The minimum absolute atomic E-state index is 0.308. The lowest BCUT2D eigenvalue weighted by Crippen LogP contribution is -2.29. The lowest BCUT2D eigenvalue weighted by Gasteiger charge is -2.14. The lowest BCUT2D eigenvalue weighted by molar-refractivity contribution is 0.217. The third-order valence-electron chi connectivity index (χ3n) is 3.35. The molecule has 1 atom stereocenters. The maximum absolute atomic E-state index is 8.81. The summed E-state index contributed by atoms with van der Waals surface area (Å²) in [6, 6.07) is 0. The van der Waals surface area contributed by atoms with Crippen molar-refractivity contribution in [1.82, 2.24) is 10.2 Å². The van der Waals surface area contributed by atoms with Gasteiger partial charge in [-0.1, -0.05) is 0 Å². The Bertz CT molecular complexity index is 171. The Morgan fingerprint density at radius 3 is 2.64 bits per heavy atom. The number of rotatable bonds is 6. The van der Waals surface area contributed by atoms with Crippen molar-refractivity contribution in [2.75, 3.05) is 39.3 Å². The average Bonchev–Trinajstić information content (AvgIpc) is 2.88. The first-order valence-electron chi connectivity index (χ1n) is 5.92. The third-order valence-corrected chi connectivity index (χ3v) is 3.35. The molecule has 2 aliphatic rings. The number of nitrogens with one attached hydrogen (secondary N) is 1. The molecule has 1 saturated carbocycles. The van der Waals surface area contributed by atoms with Crippen LogP contribution in [0.4, 0.5) is 0 Å². The predicted octanol–water partition coefficient (Wildman–Crippen LogP) is 0.300. The van der Waals surface area contributed by atoms with Crippen molar-refractivity contribution < 1.29 is 5.11 Å². The minimum atomic E-state index is 0.308. The van der Waals surface area contributed by atoms with Crippen molar-refractivity contribution in [3.8, 4) is 0 Å². The number of likely N-dealkylation sites (tertiary alicyclic amines) is 1. The van der Waals surface area contributed by atoms with E-state index in [1.54, 1.807) is 0 Å². The molecule has 2 fully saturated rings. The first-order chi connectivity index (χ1) is 6.88. The Morgan fingerprint density at radius 1 is 1.14 bits per heavy atom. The normalized spacial score (nSPS) is 28.5. The largest absolute Gasteiger partial charge is 0.395 e. The van der Waals surface area contributed by atoms with Crippen LogP contribution < -0.4 is 5.32 Å². The zero-order valence-electron chi connectivity index (χ0n) is 8.91. The van der Waals surface area contributed by atoms with Crippen LogP contribution in [0.15, 0.2) is 0 Å². The lowest BCUT2D eigenvalue weighted by atomic mass is 10.1. The molecule has 0 aromatic carbocycles. The van der Waals surface area contributed by atoms with Crippen LogP contribution in [0, 0.1) is 11.8 Å². The van der Waals surface area contributed by atoms with Crippen molar-refractivity contribution in [1.29, 1.82) is 0 Å². The second-order valence-electron chi connectivity index (χ2n) is 4.78. The summed E-state index contributed by atoms with van der Waals surface area (Å²) in [7, 11) is 0. The average molecular weight is 198 g/mol. The highest BCUT2D eigenvalue weighted by Crippen LogP contribution is 2.27. The molecule has 1 aliphatic carbocycles. The quantitative estimate of drug-likeness (QED) is 0.644. The summed E-state index contributed by atoms with van der Waals surface area (Å²) in [6.07, 6.45) is 4.18. The zero-order chi connectivity index (χ0) is 9.80. The number of β-amino-alcohol motifs (C(OH)–C–C–N with tert-alkyl or cyclic N) is 1. The van der Waals surface area contributed by atoms with Gasteiger partial charge in [0, 0.05) is 13.1 Å². The standard InChI is InChI=1S/C11H22N2O/c14-6-5-13-4-3-11(9-13)8-12-7-10-1-2-10/h10-12,14H,1-9H2. The molecule has 14 heavy (non-hydrogen) atoms. The monoisotopic (exact) mass is 198 g/mol. The van der Waals surface area contributed by atoms with E-state index in [1.165, 1.54) is 45.4 Å². The van der Waals surface area contributed by atoms with E-state index >= 15 is 0 Å². The molecule has 3 heteroatoms. The maximum Gasteiger partial charge on any atom is 0.0558 e. The van der Waals surface area contributed by atoms with Gasteiger partial charge < -0.3 is 15.3 Å². The van der Waals surface area contributed by atoms with Gasteiger partial charge in [0.05, 0.1) is 6.61 Å². The van der Waals surface area contributed by atoms with Crippen molar-refractivity contribution >= 4 is 0 Å². The molecule has 0 radical (unpaired) electrons. The highest BCUT2D eigenvalue weighted by molar-refractivity contribution is 4.79. The molecule has 1 saturated heterocycles. The fourth-order valence-electron chi connectivity index (χ4n) is 2.24. The van der Waals surface area contributed by atoms with Crippen LogP contribution in [-0.4, -0.2) is 49.3 Å². The fourth-order valence-corrected chi connectivity index (χ4v) is 2.24.